The number of nitrogens with zero attached hydrogens (tertiary/aromatic N) is 2. The quantitative estimate of drug-likeness (QED) is 0.768. The Hall–Kier alpha value is -1.43. The van der Waals surface area contributed by atoms with Crippen LogP contribution in [0, 0.1) is 5.41 Å². The first-order valence-corrected chi connectivity index (χ1v) is 11.5. The molecule has 2 aliphatic heterocycles. The van der Waals surface area contributed by atoms with Crippen molar-refractivity contribution in [1.29, 1.82) is 0 Å². The van der Waals surface area contributed by atoms with Crippen molar-refractivity contribution in [3.8, 4) is 0 Å². The third-order valence-corrected chi connectivity index (χ3v) is 7.65. The third-order valence-electron chi connectivity index (χ3n) is 7.65. The number of ether oxygens (including phenoxy) is 2. The van der Waals surface area contributed by atoms with Crippen LogP contribution in [0.25, 0.3) is 0 Å². The van der Waals surface area contributed by atoms with Gasteiger partial charge in [-0.1, -0.05) is 50.5 Å². The van der Waals surface area contributed by atoms with Crippen molar-refractivity contribution in [2.75, 3.05) is 39.4 Å². The fourth-order valence-electron chi connectivity index (χ4n) is 5.93. The van der Waals surface area contributed by atoms with E-state index in [0.29, 0.717) is 38.3 Å². The lowest BCUT2D eigenvalue weighted by Crippen LogP contribution is -2.65. The molecular formula is C24H34N2O3. The molecular weight excluding hydrogens is 364 g/mol. The molecule has 2 aliphatic carbocycles. The number of carbonyl (C=O) groups is 1. The van der Waals surface area contributed by atoms with E-state index in [2.05, 4.69) is 36.1 Å². The molecule has 5 heteroatoms. The Morgan fingerprint density at radius 2 is 1.62 bits per heavy atom. The molecule has 1 aromatic rings. The van der Waals surface area contributed by atoms with Gasteiger partial charge in [0.2, 0.25) is 5.91 Å². The van der Waals surface area contributed by atoms with E-state index in [-0.39, 0.29) is 5.41 Å². The summed E-state index contributed by atoms with van der Waals surface area (Å²) in [6, 6.07) is 9.31. The van der Waals surface area contributed by atoms with Gasteiger partial charge in [-0.3, -0.25) is 9.69 Å². The van der Waals surface area contributed by atoms with Crippen LogP contribution < -0.4 is 0 Å². The Morgan fingerprint density at radius 3 is 2.31 bits per heavy atom. The maximum atomic E-state index is 13.4. The Bertz CT molecular complexity index is 731. The lowest BCUT2D eigenvalue weighted by Gasteiger charge is -2.50. The van der Waals surface area contributed by atoms with Crippen LogP contribution in [-0.2, 0) is 27.1 Å². The van der Waals surface area contributed by atoms with Gasteiger partial charge in [-0.25, -0.2) is 0 Å². The molecule has 4 aliphatic rings. The second-order valence-electron chi connectivity index (χ2n) is 9.76. The Kier molecular flexibility index (Phi) is 5.17. The first kappa shape index (κ1) is 19.5. The highest BCUT2D eigenvalue weighted by atomic mass is 16.7. The third kappa shape index (κ3) is 3.73. The van der Waals surface area contributed by atoms with Crippen LogP contribution in [0.3, 0.4) is 0 Å². The lowest BCUT2D eigenvalue weighted by molar-refractivity contribution is -0.293. The van der Waals surface area contributed by atoms with Crippen molar-refractivity contribution in [2.45, 2.75) is 63.7 Å². The molecule has 3 fully saturated rings. The molecule has 5 nitrogen and oxygen atoms in total. The van der Waals surface area contributed by atoms with Gasteiger partial charge in [0.05, 0.1) is 26.3 Å². The number of amides is 1. The van der Waals surface area contributed by atoms with Gasteiger partial charge < -0.3 is 14.4 Å². The largest absolute Gasteiger partial charge is 0.346 e. The number of benzene rings is 1. The minimum atomic E-state index is -0.661. The van der Waals surface area contributed by atoms with Crippen molar-refractivity contribution in [2.24, 2.45) is 5.41 Å². The van der Waals surface area contributed by atoms with Crippen LogP contribution in [0.1, 0.15) is 50.2 Å². The van der Waals surface area contributed by atoms with Crippen LogP contribution >= 0.6 is 0 Å². The summed E-state index contributed by atoms with van der Waals surface area (Å²) in [6.45, 7) is 6.36. The highest BCUT2D eigenvalue weighted by Crippen LogP contribution is 2.39. The van der Waals surface area contributed by atoms with Crippen molar-refractivity contribution >= 4 is 5.91 Å². The zero-order valence-electron chi connectivity index (χ0n) is 17.7. The van der Waals surface area contributed by atoms with Crippen molar-refractivity contribution < 1.29 is 14.3 Å². The number of hydrogen-bond donors (Lipinski definition) is 0. The topological polar surface area (TPSA) is 42.0 Å². The second kappa shape index (κ2) is 7.68. The van der Waals surface area contributed by atoms with Gasteiger partial charge >= 0.3 is 0 Å². The van der Waals surface area contributed by atoms with Gasteiger partial charge in [-0.2, -0.15) is 0 Å². The van der Waals surface area contributed by atoms with Gasteiger partial charge in [-0.05, 0) is 36.8 Å². The minimum Gasteiger partial charge on any atom is -0.346 e. The van der Waals surface area contributed by atoms with Gasteiger partial charge in [0.1, 0.15) is 0 Å². The summed E-state index contributed by atoms with van der Waals surface area (Å²) in [5.74, 6) is -0.347. The molecule has 2 saturated heterocycles. The van der Waals surface area contributed by atoms with E-state index in [1.807, 2.05) is 4.90 Å². The minimum absolute atomic E-state index is 0.196. The van der Waals surface area contributed by atoms with E-state index in [9.17, 15) is 4.79 Å². The normalized spacial score (nSPS) is 30.4. The van der Waals surface area contributed by atoms with Gasteiger partial charge in [0, 0.05) is 24.5 Å². The molecule has 1 atom stereocenters. The summed E-state index contributed by atoms with van der Waals surface area (Å²) < 4.78 is 12.4. The first-order chi connectivity index (χ1) is 14.1. The molecule has 29 heavy (non-hydrogen) atoms. The van der Waals surface area contributed by atoms with Crippen LogP contribution in [0.2, 0.25) is 0 Å². The van der Waals surface area contributed by atoms with E-state index in [1.165, 1.54) is 30.4 Å². The standard InChI is InChI=1S/C24H34N2O3/c1-23(9-5-2-6-10-23)22(27)26-12-14-29-24(18-26)17-25(11-13-28-24)21-15-19-7-3-4-8-20(19)16-21/h3-4,7-8,21H,2,5-6,9-18H2,1H3. The smallest absolute Gasteiger partial charge is 0.228 e. The summed E-state index contributed by atoms with van der Waals surface area (Å²) in [4.78, 5) is 18.0. The van der Waals surface area contributed by atoms with Gasteiger partial charge in [-0.15, -0.1) is 0 Å². The SMILES string of the molecule is CC1(C(=O)N2CCOC3(C2)CN(C2Cc4ccccc4C2)CCO3)CCCCC1. The number of fused-ring (bicyclic) bond motifs is 1. The molecule has 1 aromatic carbocycles. The highest BCUT2D eigenvalue weighted by molar-refractivity contribution is 5.82. The Balaban J connectivity index is 1.27. The van der Waals surface area contributed by atoms with E-state index in [0.717, 1.165) is 38.8 Å². The number of hydrogen-bond acceptors (Lipinski definition) is 4. The van der Waals surface area contributed by atoms with E-state index >= 15 is 0 Å². The van der Waals surface area contributed by atoms with E-state index < -0.39 is 5.79 Å². The predicted molar refractivity (Wildman–Crippen MR) is 112 cm³/mol. The molecule has 1 amide bonds. The van der Waals surface area contributed by atoms with Crippen LogP contribution in [-0.4, -0.2) is 66.9 Å². The lowest BCUT2D eigenvalue weighted by atomic mass is 9.74. The Labute approximate surface area is 174 Å². The van der Waals surface area contributed by atoms with Crippen LogP contribution in [0.4, 0.5) is 0 Å². The average molecular weight is 399 g/mol. The summed E-state index contributed by atoms with van der Waals surface area (Å²) >= 11 is 0. The van der Waals surface area contributed by atoms with Gasteiger partial charge in [0.15, 0.2) is 5.79 Å². The van der Waals surface area contributed by atoms with E-state index in [1.54, 1.807) is 0 Å². The predicted octanol–water partition coefficient (Wildman–Crippen LogP) is 3.01. The molecule has 0 bridgehead atoms. The summed E-state index contributed by atoms with van der Waals surface area (Å²) in [5.41, 5.74) is 2.76. The monoisotopic (exact) mass is 398 g/mol. The highest BCUT2D eigenvalue weighted by Gasteiger charge is 2.47. The molecule has 0 N–H and O–H groups in total. The zero-order chi connectivity index (χ0) is 19.9. The molecule has 5 rings (SSSR count). The fourth-order valence-corrected chi connectivity index (χ4v) is 5.93. The maximum Gasteiger partial charge on any atom is 0.228 e. The van der Waals surface area contributed by atoms with Crippen molar-refractivity contribution in [1.82, 2.24) is 9.80 Å². The molecule has 158 valence electrons. The molecule has 0 aromatic heterocycles. The summed E-state index contributed by atoms with van der Waals surface area (Å²) in [5, 5.41) is 0. The molecule has 2 heterocycles. The molecule has 1 spiro atoms. The van der Waals surface area contributed by atoms with E-state index in [4.69, 9.17) is 9.47 Å². The average Bonchev–Trinajstić information content (AvgIpc) is 3.18. The Morgan fingerprint density at radius 1 is 0.966 bits per heavy atom. The molecule has 1 saturated carbocycles. The van der Waals surface area contributed by atoms with Crippen molar-refractivity contribution in [3.05, 3.63) is 35.4 Å². The summed E-state index contributed by atoms with van der Waals surface area (Å²) in [6.07, 6.45) is 7.85. The number of morpholine rings is 2. The maximum absolute atomic E-state index is 13.4. The first-order valence-electron chi connectivity index (χ1n) is 11.5. The number of carbonyl (C=O) groups excluding carboxylic acids is 1. The van der Waals surface area contributed by atoms with Crippen LogP contribution in [0.5, 0.6) is 0 Å². The number of rotatable bonds is 2. The second-order valence-corrected chi connectivity index (χ2v) is 9.76. The van der Waals surface area contributed by atoms with Gasteiger partial charge in [0.25, 0.3) is 0 Å². The molecule has 1 unspecified atom stereocenters. The van der Waals surface area contributed by atoms with Crippen molar-refractivity contribution in [3.63, 3.8) is 0 Å². The summed E-state index contributed by atoms with van der Waals surface area (Å²) in [7, 11) is 0. The zero-order valence-corrected chi connectivity index (χ0v) is 17.7. The molecule has 0 radical (unpaired) electrons. The van der Waals surface area contributed by atoms with Crippen LogP contribution in [0.15, 0.2) is 24.3 Å². The fraction of sp³-hybridized carbons (Fsp3) is 0.708.